The number of amides is 1. The van der Waals surface area contributed by atoms with E-state index in [0.29, 0.717) is 35.2 Å². The van der Waals surface area contributed by atoms with Gasteiger partial charge < -0.3 is 14.8 Å². The number of ether oxygens (including phenoxy) is 2. The highest BCUT2D eigenvalue weighted by atomic mass is 35.5. The van der Waals surface area contributed by atoms with E-state index in [1.165, 1.54) is 0 Å². The summed E-state index contributed by atoms with van der Waals surface area (Å²) in [5.74, 6) is 1.22. The molecule has 0 unspecified atom stereocenters. The number of carbonyl (C=O) groups excluding carboxylic acids is 1. The van der Waals surface area contributed by atoms with E-state index in [1.807, 2.05) is 78.9 Å². The summed E-state index contributed by atoms with van der Waals surface area (Å²) in [7, 11) is 0. The lowest BCUT2D eigenvalue weighted by Crippen LogP contribution is -2.11. The SMILES string of the molecule is O=C(Nc1ccc(OCc2ccccc2)cc1)c1ccc(OCc2ccccc2Cl)cc1. The van der Waals surface area contributed by atoms with E-state index in [2.05, 4.69) is 5.32 Å². The Morgan fingerprint density at radius 3 is 1.97 bits per heavy atom. The van der Waals surface area contributed by atoms with Crippen molar-refractivity contribution < 1.29 is 14.3 Å². The van der Waals surface area contributed by atoms with E-state index in [9.17, 15) is 4.79 Å². The zero-order chi connectivity index (χ0) is 22.2. The summed E-state index contributed by atoms with van der Waals surface area (Å²) >= 11 is 6.15. The maximum atomic E-state index is 12.5. The molecule has 1 N–H and O–H groups in total. The molecule has 4 rings (SSSR count). The van der Waals surface area contributed by atoms with Gasteiger partial charge in [0.15, 0.2) is 0 Å². The second-order valence-electron chi connectivity index (χ2n) is 7.16. The van der Waals surface area contributed by atoms with Gasteiger partial charge in [0.2, 0.25) is 0 Å². The topological polar surface area (TPSA) is 47.6 Å². The first kappa shape index (κ1) is 21.5. The molecule has 160 valence electrons. The molecular weight excluding hydrogens is 422 g/mol. The van der Waals surface area contributed by atoms with E-state index in [-0.39, 0.29) is 5.91 Å². The van der Waals surface area contributed by atoms with Gasteiger partial charge in [0.1, 0.15) is 24.7 Å². The van der Waals surface area contributed by atoms with Crippen molar-refractivity contribution in [3.05, 3.63) is 125 Å². The number of nitrogens with one attached hydrogen (secondary N) is 1. The molecule has 4 aromatic carbocycles. The molecule has 0 atom stereocenters. The fraction of sp³-hybridized carbons (Fsp3) is 0.0741. The molecule has 4 aromatic rings. The number of hydrogen-bond acceptors (Lipinski definition) is 3. The molecule has 0 heterocycles. The van der Waals surface area contributed by atoms with Gasteiger partial charge in [0, 0.05) is 21.8 Å². The average molecular weight is 444 g/mol. The molecule has 0 aromatic heterocycles. The molecule has 0 saturated carbocycles. The fourth-order valence-electron chi connectivity index (χ4n) is 3.06. The minimum atomic E-state index is -0.194. The second kappa shape index (κ2) is 10.5. The highest BCUT2D eigenvalue weighted by Crippen LogP contribution is 2.21. The van der Waals surface area contributed by atoms with Crippen LogP contribution in [-0.2, 0) is 13.2 Å². The summed E-state index contributed by atoms with van der Waals surface area (Å²) in [6.45, 7) is 0.862. The predicted octanol–water partition coefficient (Wildman–Crippen LogP) is 6.75. The number of halogens is 1. The van der Waals surface area contributed by atoms with Crippen LogP contribution in [0.1, 0.15) is 21.5 Å². The number of carbonyl (C=O) groups is 1. The predicted molar refractivity (Wildman–Crippen MR) is 127 cm³/mol. The molecule has 0 spiro atoms. The van der Waals surface area contributed by atoms with Crippen molar-refractivity contribution in [1.82, 2.24) is 0 Å². The molecular formula is C27H22ClNO3. The van der Waals surface area contributed by atoms with Crippen molar-refractivity contribution in [3.63, 3.8) is 0 Å². The van der Waals surface area contributed by atoms with Crippen LogP contribution in [0.15, 0.2) is 103 Å². The lowest BCUT2D eigenvalue weighted by molar-refractivity contribution is 0.102. The maximum absolute atomic E-state index is 12.5. The Labute approximate surface area is 192 Å². The monoisotopic (exact) mass is 443 g/mol. The minimum absolute atomic E-state index is 0.194. The van der Waals surface area contributed by atoms with Crippen molar-refractivity contribution in [1.29, 1.82) is 0 Å². The Hall–Kier alpha value is -3.76. The number of anilines is 1. The third-order valence-corrected chi connectivity index (χ3v) is 5.20. The van der Waals surface area contributed by atoms with Crippen LogP contribution in [0.5, 0.6) is 11.5 Å². The Bertz CT molecular complexity index is 1160. The normalized spacial score (nSPS) is 10.4. The number of hydrogen-bond donors (Lipinski definition) is 1. The smallest absolute Gasteiger partial charge is 0.255 e. The zero-order valence-corrected chi connectivity index (χ0v) is 18.1. The molecule has 0 fully saturated rings. The Morgan fingerprint density at radius 1 is 0.688 bits per heavy atom. The van der Waals surface area contributed by atoms with Gasteiger partial charge in [-0.2, -0.15) is 0 Å². The van der Waals surface area contributed by atoms with E-state index in [1.54, 1.807) is 24.3 Å². The van der Waals surface area contributed by atoms with Crippen LogP contribution < -0.4 is 14.8 Å². The number of benzene rings is 4. The Balaban J connectivity index is 1.29. The molecule has 4 nitrogen and oxygen atoms in total. The van der Waals surface area contributed by atoms with Crippen LogP contribution in [0.4, 0.5) is 5.69 Å². The minimum Gasteiger partial charge on any atom is -0.489 e. The van der Waals surface area contributed by atoms with Crippen molar-refractivity contribution in [2.75, 3.05) is 5.32 Å². The molecule has 0 radical (unpaired) electrons. The van der Waals surface area contributed by atoms with Gasteiger partial charge in [0.25, 0.3) is 5.91 Å². The van der Waals surface area contributed by atoms with E-state index in [4.69, 9.17) is 21.1 Å². The summed E-state index contributed by atoms with van der Waals surface area (Å²) in [5, 5.41) is 3.56. The molecule has 1 amide bonds. The Kier molecular flexibility index (Phi) is 7.05. The van der Waals surface area contributed by atoms with Gasteiger partial charge in [-0.3, -0.25) is 4.79 Å². The fourth-order valence-corrected chi connectivity index (χ4v) is 3.25. The molecule has 0 bridgehead atoms. The van der Waals surface area contributed by atoms with Crippen LogP contribution in [0, 0.1) is 0 Å². The molecule has 0 aliphatic carbocycles. The first-order valence-electron chi connectivity index (χ1n) is 10.2. The van der Waals surface area contributed by atoms with Crippen molar-refractivity contribution >= 4 is 23.2 Å². The largest absolute Gasteiger partial charge is 0.489 e. The van der Waals surface area contributed by atoms with Gasteiger partial charge in [-0.05, 0) is 60.2 Å². The summed E-state index contributed by atoms with van der Waals surface area (Å²) in [6, 6.07) is 31.8. The summed E-state index contributed by atoms with van der Waals surface area (Å²) in [6.07, 6.45) is 0. The van der Waals surface area contributed by atoms with E-state index in [0.717, 1.165) is 16.9 Å². The van der Waals surface area contributed by atoms with Crippen molar-refractivity contribution in [2.24, 2.45) is 0 Å². The van der Waals surface area contributed by atoms with Crippen LogP contribution in [-0.4, -0.2) is 5.91 Å². The van der Waals surface area contributed by atoms with Crippen molar-refractivity contribution in [2.45, 2.75) is 13.2 Å². The van der Waals surface area contributed by atoms with Gasteiger partial charge in [-0.15, -0.1) is 0 Å². The third-order valence-electron chi connectivity index (χ3n) is 4.83. The molecule has 5 heteroatoms. The van der Waals surface area contributed by atoms with Crippen LogP contribution >= 0.6 is 11.6 Å². The van der Waals surface area contributed by atoms with Gasteiger partial charge in [-0.1, -0.05) is 60.1 Å². The summed E-state index contributed by atoms with van der Waals surface area (Å²) in [4.78, 5) is 12.5. The molecule has 32 heavy (non-hydrogen) atoms. The highest BCUT2D eigenvalue weighted by molar-refractivity contribution is 6.31. The number of rotatable bonds is 8. The average Bonchev–Trinajstić information content (AvgIpc) is 2.84. The van der Waals surface area contributed by atoms with E-state index < -0.39 is 0 Å². The molecule has 0 aliphatic rings. The third kappa shape index (κ3) is 5.90. The lowest BCUT2D eigenvalue weighted by Gasteiger charge is -2.10. The van der Waals surface area contributed by atoms with Gasteiger partial charge >= 0.3 is 0 Å². The Morgan fingerprint density at radius 2 is 1.28 bits per heavy atom. The first-order chi connectivity index (χ1) is 15.7. The highest BCUT2D eigenvalue weighted by Gasteiger charge is 2.07. The lowest BCUT2D eigenvalue weighted by atomic mass is 10.2. The maximum Gasteiger partial charge on any atom is 0.255 e. The zero-order valence-electron chi connectivity index (χ0n) is 17.3. The van der Waals surface area contributed by atoms with Crippen molar-refractivity contribution in [3.8, 4) is 11.5 Å². The van der Waals surface area contributed by atoms with Crippen LogP contribution in [0.25, 0.3) is 0 Å². The standard InChI is InChI=1S/C27H22ClNO3/c28-26-9-5-4-8-22(26)19-32-24-14-10-21(11-15-24)27(30)29-23-12-16-25(17-13-23)31-18-20-6-2-1-3-7-20/h1-17H,18-19H2,(H,29,30). The molecule has 0 aliphatic heterocycles. The summed E-state index contributed by atoms with van der Waals surface area (Å²) in [5.41, 5.74) is 3.25. The van der Waals surface area contributed by atoms with Crippen LogP contribution in [0.2, 0.25) is 5.02 Å². The van der Waals surface area contributed by atoms with Gasteiger partial charge in [-0.25, -0.2) is 0 Å². The first-order valence-corrected chi connectivity index (χ1v) is 10.6. The van der Waals surface area contributed by atoms with E-state index >= 15 is 0 Å². The summed E-state index contributed by atoms with van der Waals surface area (Å²) < 4.78 is 11.5. The molecule has 0 saturated heterocycles. The quantitative estimate of drug-likeness (QED) is 0.327. The van der Waals surface area contributed by atoms with Gasteiger partial charge in [0.05, 0.1) is 0 Å². The second-order valence-corrected chi connectivity index (χ2v) is 7.56. The van der Waals surface area contributed by atoms with Crippen LogP contribution in [0.3, 0.4) is 0 Å².